The Morgan fingerprint density at radius 1 is 1.12 bits per heavy atom. The van der Waals surface area contributed by atoms with Gasteiger partial charge in [-0.1, -0.05) is 19.9 Å². The molecule has 0 spiro atoms. The van der Waals surface area contributed by atoms with E-state index in [4.69, 9.17) is 9.47 Å². The second kappa shape index (κ2) is 5.96. The minimum absolute atomic E-state index is 0.0536. The summed E-state index contributed by atoms with van der Waals surface area (Å²) in [6, 6.07) is 5.51. The molecule has 0 radical (unpaired) electrons. The number of hydrogen-bond acceptors (Lipinski definition) is 4. The van der Waals surface area contributed by atoms with Crippen molar-refractivity contribution in [1.29, 1.82) is 0 Å². The number of carbonyl (C=O) groups excluding carboxylic acids is 2. The molecule has 128 valence electrons. The molecule has 0 fully saturated rings. The van der Waals surface area contributed by atoms with Gasteiger partial charge in [-0.05, 0) is 17.9 Å². The van der Waals surface area contributed by atoms with Crippen molar-refractivity contribution in [2.45, 2.75) is 39.0 Å². The predicted molar refractivity (Wildman–Crippen MR) is 90.1 cm³/mol. The van der Waals surface area contributed by atoms with Crippen LogP contribution in [0, 0.1) is 5.41 Å². The fraction of sp³-hybridized carbons (Fsp3) is 0.474. The van der Waals surface area contributed by atoms with Crippen LogP contribution in [0.1, 0.15) is 44.6 Å². The Kier molecular flexibility index (Phi) is 4.11. The highest BCUT2D eigenvalue weighted by Gasteiger charge is 2.41. The molecular weight excluding hydrogens is 306 g/mol. The molecule has 1 aliphatic heterocycles. The molecule has 5 nitrogen and oxygen atoms in total. The Morgan fingerprint density at radius 3 is 2.54 bits per heavy atom. The number of ketones is 1. The van der Waals surface area contributed by atoms with Crippen molar-refractivity contribution in [2.24, 2.45) is 5.41 Å². The minimum atomic E-state index is -0.266. The van der Waals surface area contributed by atoms with E-state index in [0.717, 1.165) is 16.8 Å². The zero-order valence-corrected chi connectivity index (χ0v) is 14.6. The molecule has 0 saturated carbocycles. The fourth-order valence-corrected chi connectivity index (χ4v) is 3.73. The standard InChI is InChI=1S/C19H23NO4/c1-19(2)9-14-18(15(21)10-19)13(8-17(22)20-14)12-6-5-11(23-3)7-16(12)24-4/h5-7,13H,8-10H2,1-4H3,(H,20,22)/t13-/m1/s1. The molecule has 3 rings (SSSR count). The van der Waals surface area contributed by atoms with Crippen LogP contribution in [0.4, 0.5) is 0 Å². The maximum atomic E-state index is 12.8. The number of rotatable bonds is 3. The van der Waals surface area contributed by atoms with E-state index in [-0.39, 0.29) is 29.4 Å². The van der Waals surface area contributed by atoms with Crippen molar-refractivity contribution in [3.63, 3.8) is 0 Å². The van der Waals surface area contributed by atoms with E-state index in [0.29, 0.717) is 24.3 Å². The maximum absolute atomic E-state index is 12.8. The molecule has 2 aliphatic rings. The average molecular weight is 329 g/mol. The van der Waals surface area contributed by atoms with Gasteiger partial charge in [-0.2, -0.15) is 0 Å². The van der Waals surface area contributed by atoms with Gasteiger partial charge in [0.1, 0.15) is 11.5 Å². The smallest absolute Gasteiger partial charge is 0.225 e. The normalized spacial score (nSPS) is 22.8. The molecular formula is C19H23NO4. The lowest BCUT2D eigenvalue weighted by Crippen LogP contribution is -2.40. The quantitative estimate of drug-likeness (QED) is 0.926. The summed E-state index contributed by atoms with van der Waals surface area (Å²) in [6.45, 7) is 4.11. The van der Waals surface area contributed by atoms with Gasteiger partial charge in [-0.15, -0.1) is 0 Å². The number of hydrogen-bond donors (Lipinski definition) is 1. The van der Waals surface area contributed by atoms with E-state index < -0.39 is 0 Å². The summed E-state index contributed by atoms with van der Waals surface area (Å²) >= 11 is 0. The molecule has 0 saturated heterocycles. The SMILES string of the molecule is COc1ccc([C@H]2CC(=O)NC3=C2C(=O)CC(C)(C)C3)c(OC)c1. The minimum Gasteiger partial charge on any atom is -0.497 e. The maximum Gasteiger partial charge on any atom is 0.225 e. The second-order valence-corrected chi connectivity index (χ2v) is 7.25. The lowest BCUT2D eigenvalue weighted by Gasteiger charge is -2.38. The molecule has 5 heteroatoms. The first-order valence-electron chi connectivity index (χ1n) is 8.12. The number of Topliss-reactive ketones (excluding diaryl/α,β-unsaturated/α-hetero) is 1. The molecule has 1 amide bonds. The Hall–Kier alpha value is -2.30. The zero-order chi connectivity index (χ0) is 17.5. The lowest BCUT2D eigenvalue weighted by atomic mass is 9.70. The summed E-state index contributed by atoms with van der Waals surface area (Å²) in [5, 5.41) is 2.92. The highest BCUT2D eigenvalue weighted by Crippen LogP contribution is 2.46. The summed E-state index contributed by atoms with van der Waals surface area (Å²) in [4.78, 5) is 25.0. The molecule has 1 atom stereocenters. The number of allylic oxidation sites excluding steroid dienone is 2. The molecule has 0 unspecified atom stereocenters. The summed E-state index contributed by atoms with van der Waals surface area (Å²) in [7, 11) is 3.18. The van der Waals surface area contributed by atoms with Gasteiger partial charge in [0.05, 0.1) is 14.2 Å². The monoisotopic (exact) mass is 329 g/mol. The van der Waals surface area contributed by atoms with Crippen molar-refractivity contribution in [1.82, 2.24) is 5.32 Å². The molecule has 1 aliphatic carbocycles. The van der Waals surface area contributed by atoms with Crippen LogP contribution in [-0.4, -0.2) is 25.9 Å². The van der Waals surface area contributed by atoms with Gasteiger partial charge in [-0.25, -0.2) is 0 Å². The number of carbonyl (C=O) groups is 2. The van der Waals surface area contributed by atoms with Crippen LogP contribution in [0.15, 0.2) is 29.5 Å². The van der Waals surface area contributed by atoms with Gasteiger partial charge in [0.15, 0.2) is 5.78 Å². The number of methoxy groups -OCH3 is 2. The number of amides is 1. The Bertz CT molecular complexity index is 733. The molecule has 0 bridgehead atoms. The van der Waals surface area contributed by atoms with Crippen LogP contribution in [0.25, 0.3) is 0 Å². The predicted octanol–water partition coefficient (Wildman–Crippen LogP) is 2.95. The largest absolute Gasteiger partial charge is 0.497 e. The van der Waals surface area contributed by atoms with Crippen LogP contribution in [0.2, 0.25) is 0 Å². The van der Waals surface area contributed by atoms with Crippen LogP contribution < -0.4 is 14.8 Å². The van der Waals surface area contributed by atoms with Crippen molar-refractivity contribution in [3.05, 3.63) is 35.0 Å². The number of benzene rings is 1. The molecule has 1 aromatic carbocycles. The highest BCUT2D eigenvalue weighted by atomic mass is 16.5. The average Bonchev–Trinajstić information content (AvgIpc) is 2.51. The van der Waals surface area contributed by atoms with Crippen molar-refractivity contribution in [2.75, 3.05) is 14.2 Å². The molecule has 1 heterocycles. The number of ether oxygens (including phenoxy) is 2. The van der Waals surface area contributed by atoms with Crippen LogP contribution in [0.3, 0.4) is 0 Å². The third-order valence-corrected chi connectivity index (χ3v) is 4.76. The summed E-state index contributed by atoms with van der Waals surface area (Å²) in [5.74, 6) is 1.11. The first-order valence-corrected chi connectivity index (χ1v) is 8.12. The summed E-state index contributed by atoms with van der Waals surface area (Å²) < 4.78 is 10.7. The topological polar surface area (TPSA) is 64.6 Å². The van der Waals surface area contributed by atoms with Gasteiger partial charge in [0.25, 0.3) is 0 Å². The van der Waals surface area contributed by atoms with Crippen LogP contribution >= 0.6 is 0 Å². The second-order valence-electron chi connectivity index (χ2n) is 7.25. The third kappa shape index (κ3) is 2.90. The fourth-order valence-electron chi connectivity index (χ4n) is 3.73. The van der Waals surface area contributed by atoms with Crippen molar-refractivity contribution in [3.8, 4) is 11.5 Å². The molecule has 1 N–H and O–H groups in total. The van der Waals surface area contributed by atoms with Crippen LogP contribution in [0.5, 0.6) is 11.5 Å². The van der Waals surface area contributed by atoms with Gasteiger partial charge < -0.3 is 14.8 Å². The highest BCUT2D eigenvalue weighted by molar-refractivity contribution is 6.02. The first kappa shape index (κ1) is 16.6. The first-order chi connectivity index (χ1) is 11.3. The Balaban J connectivity index is 2.10. The molecule has 24 heavy (non-hydrogen) atoms. The van der Waals surface area contributed by atoms with E-state index in [1.54, 1.807) is 20.3 Å². The van der Waals surface area contributed by atoms with E-state index >= 15 is 0 Å². The van der Waals surface area contributed by atoms with Crippen molar-refractivity contribution >= 4 is 11.7 Å². The summed E-state index contributed by atoms with van der Waals surface area (Å²) in [5.41, 5.74) is 2.23. The lowest BCUT2D eigenvalue weighted by molar-refractivity contribution is -0.122. The van der Waals surface area contributed by atoms with E-state index in [1.807, 2.05) is 12.1 Å². The Labute approximate surface area is 142 Å². The molecule has 1 aromatic rings. The third-order valence-electron chi connectivity index (χ3n) is 4.76. The summed E-state index contributed by atoms with van der Waals surface area (Å²) in [6.07, 6.45) is 1.46. The van der Waals surface area contributed by atoms with E-state index in [1.165, 1.54) is 0 Å². The van der Waals surface area contributed by atoms with Gasteiger partial charge in [0.2, 0.25) is 5.91 Å². The zero-order valence-electron chi connectivity index (χ0n) is 14.6. The Morgan fingerprint density at radius 2 is 1.88 bits per heavy atom. The van der Waals surface area contributed by atoms with Gasteiger partial charge >= 0.3 is 0 Å². The van der Waals surface area contributed by atoms with Gasteiger partial charge in [-0.3, -0.25) is 9.59 Å². The van der Waals surface area contributed by atoms with Gasteiger partial charge in [0, 0.05) is 41.7 Å². The van der Waals surface area contributed by atoms with Crippen molar-refractivity contribution < 1.29 is 19.1 Å². The van der Waals surface area contributed by atoms with E-state index in [9.17, 15) is 9.59 Å². The van der Waals surface area contributed by atoms with Crippen LogP contribution in [-0.2, 0) is 9.59 Å². The molecule has 0 aromatic heterocycles. The number of nitrogens with one attached hydrogen (secondary N) is 1. The van der Waals surface area contributed by atoms with E-state index in [2.05, 4.69) is 19.2 Å².